The Bertz CT molecular complexity index is 772. The molecule has 2 atom stereocenters. The van der Waals surface area contributed by atoms with Gasteiger partial charge in [0.05, 0.1) is 48.4 Å². The van der Waals surface area contributed by atoms with Gasteiger partial charge < -0.3 is 9.64 Å². The van der Waals surface area contributed by atoms with E-state index in [0.717, 1.165) is 17.8 Å². The molecular weight excluding hydrogens is 326 g/mol. The normalized spacial score (nSPS) is 22.6. The van der Waals surface area contributed by atoms with Gasteiger partial charge >= 0.3 is 0 Å². The third-order valence-corrected chi connectivity index (χ3v) is 5.06. The van der Waals surface area contributed by atoms with Crippen molar-refractivity contribution in [3.8, 4) is 5.69 Å². The monoisotopic (exact) mass is 345 g/mol. The van der Waals surface area contributed by atoms with Gasteiger partial charge in [0, 0.05) is 5.02 Å². The van der Waals surface area contributed by atoms with E-state index in [2.05, 4.69) is 18.9 Å². The largest absolute Gasteiger partial charge is 0.377 e. The zero-order valence-electron chi connectivity index (χ0n) is 13.8. The van der Waals surface area contributed by atoms with E-state index in [1.165, 1.54) is 0 Å². The van der Waals surface area contributed by atoms with Crippen molar-refractivity contribution in [2.75, 3.05) is 13.2 Å². The number of nitrogens with zero attached hydrogens (tertiary/aromatic N) is 3. The van der Waals surface area contributed by atoms with Crippen molar-refractivity contribution in [1.82, 2.24) is 14.7 Å². The molecule has 2 bridgehead atoms. The standard InChI is InChI=1S/C18H20ClN3O2/c1-11(2)17-16(18(23)21-14-7-15(21)10-24-9-14)8-20-22(17)13-5-3-4-12(19)6-13/h3-6,8,11,14-15H,7,9-10H2,1-2H3/t14-,15-/m1/s1. The minimum atomic E-state index is 0.0662. The summed E-state index contributed by atoms with van der Waals surface area (Å²) in [6.45, 7) is 5.44. The maximum atomic E-state index is 13.1. The van der Waals surface area contributed by atoms with E-state index in [9.17, 15) is 4.79 Å². The highest BCUT2D eigenvalue weighted by molar-refractivity contribution is 6.30. The first-order valence-corrected chi connectivity index (χ1v) is 8.68. The van der Waals surface area contributed by atoms with Crippen molar-refractivity contribution in [2.24, 2.45) is 0 Å². The maximum Gasteiger partial charge on any atom is 0.258 e. The Morgan fingerprint density at radius 2 is 2.08 bits per heavy atom. The van der Waals surface area contributed by atoms with Crippen molar-refractivity contribution in [3.05, 3.63) is 46.7 Å². The molecule has 1 aromatic carbocycles. The Balaban J connectivity index is 1.73. The highest BCUT2D eigenvalue weighted by Crippen LogP contribution is 2.34. The number of hydrogen-bond acceptors (Lipinski definition) is 3. The molecule has 2 saturated heterocycles. The molecule has 2 fully saturated rings. The molecule has 24 heavy (non-hydrogen) atoms. The first kappa shape index (κ1) is 15.7. The Labute approximate surface area is 146 Å². The number of morpholine rings is 1. The van der Waals surface area contributed by atoms with Gasteiger partial charge in [0.25, 0.3) is 5.91 Å². The number of rotatable bonds is 3. The number of carbonyl (C=O) groups is 1. The SMILES string of the molecule is CC(C)c1c(C(=O)N2[C@H]3COC[C@H]2C3)cnn1-c1cccc(Cl)c1. The van der Waals surface area contributed by atoms with Crippen LogP contribution < -0.4 is 0 Å². The Morgan fingerprint density at radius 3 is 2.71 bits per heavy atom. The highest BCUT2D eigenvalue weighted by atomic mass is 35.5. The van der Waals surface area contributed by atoms with Crippen LogP contribution in [0.1, 0.15) is 42.2 Å². The zero-order chi connectivity index (χ0) is 16.8. The van der Waals surface area contributed by atoms with Gasteiger partial charge in [0.15, 0.2) is 0 Å². The summed E-state index contributed by atoms with van der Waals surface area (Å²) in [4.78, 5) is 15.0. The third kappa shape index (κ3) is 2.43. The molecule has 2 aliphatic heterocycles. The molecule has 1 amide bonds. The summed E-state index contributed by atoms with van der Waals surface area (Å²) in [6.07, 6.45) is 2.73. The molecule has 5 nitrogen and oxygen atoms in total. The van der Waals surface area contributed by atoms with Crippen LogP contribution in [0, 0.1) is 0 Å². The number of benzene rings is 1. The van der Waals surface area contributed by atoms with Gasteiger partial charge in [-0.25, -0.2) is 4.68 Å². The summed E-state index contributed by atoms with van der Waals surface area (Å²) >= 11 is 6.11. The van der Waals surface area contributed by atoms with Gasteiger partial charge in [-0.2, -0.15) is 5.10 Å². The molecule has 4 rings (SSSR count). The molecule has 0 saturated carbocycles. The lowest BCUT2D eigenvalue weighted by Crippen LogP contribution is -2.65. The predicted octanol–water partition coefficient (Wildman–Crippen LogP) is 3.26. The summed E-state index contributed by atoms with van der Waals surface area (Å²) < 4.78 is 7.31. The number of amides is 1. The predicted molar refractivity (Wildman–Crippen MR) is 91.8 cm³/mol. The number of ether oxygens (including phenoxy) is 1. The van der Waals surface area contributed by atoms with Gasteiger partial charge in [-0.3, -0.25) is 4.79 Å². The summed E-state index contributed by atoms with van der Waals surface area (Å²) in [6, 6.07) is 7.96. The van der Waals surface area contributed by atoms with Crippen molar-refractivity contribution >= 4 is 17.5 Å². The summed E-state index contributed by atoms with van der Waals surface area (Å²) in [7, 11) is 0. The molecule has 0 spiro atoms. The third-order valence-electron chi connectivity index (χ3n) is 4.82. The lowest BCUT2D eigenvalue weighted by atomic mass is 9.90. The molecule has 0 N–H and O–H groups in total. The molecule has 1 aromatic heterocycles. The van der Waals surface area contributed by atoms with Gasteiger partial charge in [-0.05, 0) is 30.5 Å². The maximum absolute atomic E-state index is 13.1. The van der Waals surface area contributed by atoms with Crippen LogP contribution in [0.25, 0.3) is 5.69 Å². The van der Waals surface area contributed by atoms with Gasteiger partial charge in [0.2, 0.25) is 0 Å². The second-order valence-electron chi connectivity index (χ2n) is 6.78. The van der Waals surface area contributed by atoms with Crippen LogP contribution in [0.2, 0.25) is 5.02 Å². The lowest BCUT2D eigenvalue weighted by Gasteiger charge is -2.52. The number of aromatic nitrogens is 2. The van der Waals surface area contributed by atoms with Gasteiger partial charge in [-0.1, -0.05) is 31.5 Å². The Kier molecular flexibility index (Phi) is 3.85. The second kappa shape index (κ2) is 5.90. The first-order valence-electron chi connectivity index (χ1n) is 8.30. The Hall–Kier alpha value is -1.85. The summed E-state index contributed by atoms with van der Waals surface area (Å²) in [5.41, 5.74) is 2.48. The Morgan fingerprint density at radius 1 is 1.33 bits per heavy atom. The molecule has 2 aromatic rings. The van der Waals surface area contributed by atoms with E-state index in [1.54, 1.807) is 6.20 Å². The fourth-order valence-corrected chi connectivity index (χ4v) is 3.89. The van der Waals surface area contributed by atoms with Gasteiger partial charge in [0.1, 0.15) is 0 Å². The number of carbonyl (C=O) groups excluding carboxylic acids is 1. The van der Waals surface area contributed by atoms with Crippen LogP contribution >= 0.6 is 11.6 Å². The minimum Gasteiger partial charge on any atom is -0.377 e. The number of hydrogen-bond donors (Lipinski definition) is 0. The first-order chi connectivity index (χ1) is 11.6. The molecule has 0 aliphatic carbocycles. The zero-order valence-corrected chi connectivity index (χ0v) is 14.5. The molecule has 3 heterocycles. The fraction of sp³-hybridized carbons (Fsp3) is 0.444. The smallest absolute Gasteiger partial charge is 0.258 e. The van der Waals surface area contributed by atoms with E-state index < -0.39 is 0 Å². The van der Waals surface area contributed by atoms with Crippen LogP contribution in [0.5, 0.6) is 0 Å². The number of halogens is 1. The van der Waals surface area contributed by atoms with E-state index in [0.29, 0.717) is 23.8 Å². The van der Waals surface area contributed by atoms with Crippen LogP contribution in [-0.4, -0.2) is 45.9 Å². The van der Waals surface area contributed by atoms with Crippen LogP contribution in [0.15, 0.2) is 30.5 Å². The van der Waals surface area contributed by atoms with Crippen LogP contribution in [0.4, 0.5) is 0 Å². The molecule has 0 unspecified atom stereocenters. The van der Waals surface area contributed by atoms with E-state index in [1.807, 2.05) is 33.8 Å². The topological polar surface area (TPSA) is 47.4 Å². The average molecular weight is 346 g/mol. The summed E-state index contributed by atoms with van der Waals surface area (Å²) in [5.74, 6) is 0.235. The van der Waals surface area contributed by atoms with Crippen LogP contribution in [0.3, 0.4) is 0 Å². The van der Waals surface area contributed by atoms with E-state index in [-0.39, 0.29) is 23.9 Å². The van der Waals surface area contributed by atoms with Crippen molar-refractivity contribution in [3.63, 3.8) is 0 Å². The molecular formula is C18H20ClN3O2. The van der Waals surface area contributed by atoms with E-state index in [4.69, 9.17) is 16.3 Å². The fourth-order valence-electron chi connectivity index (χ4n) is 3.70. The quantitative estimate of drug-likeness (QED) is 0.857. The van der Waals surface area contributed by atoms with Crippen molar-refractivity contribution < 1.29 is 9.53 Å². The van der Waals surface area contributed by atoms with Crippen molar-refractivity contribution in [1.29, 1.82) is 0 Å². The molecule has 6 heteroatoms. The van der Waals surface area contributed by atoms with Crippen LogP contribution in [-0.2, 0) is 4.74 Å². The van der Waals surface area contributed by atoms with Gasteiger partial charge in [-0.15, -0.1) is 0 Å². The molecule has 0 radical (unpaired) electrons. The molecule has 2 aliphatic rings. The second-order valence-corrected chi connectivity index (χ2v) is 7.22. The van der Waals surface area contributed by atoms with Crippen molar-refractivity contribution in [2.45, 2.75) is 38.3 Å². The molecule has 126 valence electrons. The summed E-state index contributed by atoms with van der Waals surface area (Å²) in [5, 5.41) is 5.14. The lowest BCUT2D eigenvalue weighted by molar-refractivity contribution is -0.104. The number of fused-ring (bicyclic) bond motifs is 2. The average Bonchev–Trinajstić information content (AvgIpc) is 3.00. The van der Waals surface area contributed by atoms with E-state index >= 15 is 0 Å². The minimum absolute atomic E-state index is 0.0662. The highest BCUT2D eigenvalue weighted by Gasteiger charge is 2.46.